The third kappa shape index (κ3) is 5.53. The maximum absolute atomic E-state index is 13.7. The fourth-order valence-corrected chi connectivity index (χ4v) is 3.18. The second-order valence-corrected chi connectivity index (χ2v) is 7.67. The molecule has 0 aromatic heterocycles. The minimum atomic E-state index is -3.63. The van der Waals surface area contributed by atoms with Crippen molar-refractivity contribution in [3.8, 4) is 5.75 Å². The van der Waals surface area contributed by atoms with Crippen LogP contribution in [-0.2, 0) is 21.2 Å². The summed E-state index contributed by atoms with van der Waals surface area (Å²) in [5, 5.41) is 2.63. The van der Waals surface area contributed by atoms with Crippen molar-refractivity contribution in [2.75, 3.05) is 31.8 Å². The van der Waals surface area contributed by atoms with E-state index in [2.05, 4.69) is 5.32 Å². The maximum atomic E-state index is 13.7. The average Bonchev–Trinajstić information content (AvgIpc) is 2.59. The van der Waals surface area contributed by atoms with Crippen LogP contribution in [0.4, 0.5) is 10.1 Å². The van der Waals surface area contributed by atoms with Crippen molar-refractivity contribution < 1.29 is 22.3 Å². The summed E-state index contributed by atoms with van der Waals surface area (Å²) in [4.78, 5) is 12.3. The minimum Gasteiger partial charge on any atom is -0.495 e. The second kappa shape index (κ2) is 8.77. The van der Waals surface area contributed by atoms with Gasteiger partial charge in [-0.25, -0.2) is 12.8 Å². The molecule has 0 aliphatic carbocycles. The molecule has 140 valence electrons. The van der Waals surface area contributed by atoms with E-state index < -0.39 is 21.7 Å². The highest BCUT2D eigenvalue weighted by atomic mass is 32.2. The summed E-state index contributed by atoms with van der Waals surface area (Å²) >= 11 is 0. The van der Waals surface area contributed by atoms with Gasteiger partial charge in [-0.1, -0.05) is 30.3 Å². The molecule has 0 atom stereocenters. The van der Waals surface area contributed by atoms with E-state index in [1.807, 2.05) is 0 Å². The fraction of sp³-hybridized carbons (Fsp3) is 0.278. The van der Waals surface area contributed by atoms with E-state index in [0.29, 0.717) is 17.0 Å². The zero-order chi connectivity index (χ0) is 19.2. The smallest absolute Gasteiger partial charge is 0.239 e. The fourth-order valence-electron chi connectivity index (χ4n) is 2.41. The quantitative estimate of drug-likeness (QED) is 0.762. The number of rotatable bonds is 8. The van der Waals surface area contributed by atoms with Crippen LogP contribution >= 0.6 is 0 Å². The van der Waals surface area contributed by atoms with Crippen molar-refractivity contribution in [1.29, 1.82) is 0 Å². The van der Waals surface area contributed by atoms with Crippen molar-refractivity contribution in [3.05, 3.63) is 59.9 Å². The van der Waals surface area contributed by atoms with Crippen molar-refractivity contribution in [3.63, 3.8) is 0 Å². The predicted octanol–water partition coefficient (Wildman–Crippen LogP) is 2.28. The number of nitrogens with one attached hydrogen (secondary N) is 1. The van der Waals surface area contributed by atoms with Crippen LogP contribution < -0.4 is 10.1 Å². The lowest BCUT2D eigenvalue weighted by Crippen LogP contribution is -2.38. The zero-order valence-electron chi connectivity index (χ0n) is 14.6. The van der Waals surface area contributed by atoms with Gasteiger partial charge < -0.3 is 10.1 Å². The van der Waals surface area contributed by atoms with Crippen molar-refractivity contribution in [2.45, 2.75) is 6.42 Å². The van der Waals surface area contributed by atoms with Gasteiger partial charge in [-0.2, -0.15) is 4.31 Å². The van der Waals surface area contributed by atoms with E-state index in [4.69, 9.17) is 4.74 Å². The Kier molecular flexibility index (Phi) is 6.70. The van der Waals surface area contributed by atoms with Crippen molar-refractivity contribution >= 4 is 21.6 Å². The molecular weight excluding hydrogens is 359 g/mol. The number of nitrogens with zero attached hydrogens (tertiary/aromatic N) is 1. The first-order valence-corrected chi connectivity index (χ1v) is 9.77. The van der Waals surface area contributed by atoms with Gasteiger partial charge in [-0.05, 0) is 30.2 Å². The predicted molar refractivity (Wildman–Crippen MR) is 98.1 cm³/mol. The summed E-state index contributed by atoms with van der Waals surface area (Å²) < 4.78 is 43.8. The number of benzene rings is 2. The van der Waals surface area contributed by atoms with Crippen LogP contribution in [0.5, 0.6) is 5.75 Å². The Balaban J connectivity index is 2.06. The second-order valence-electron chi connectivity index (χ2n) is 5.69. The summed E-state index contributed by atoms with van der Waals surface area (Å²) in [7, 11) is -2.16. The standard InChI is InChI=1S/C18H21FN2O4S/c1-25-17-10-6-5-9-16(17)20-18(22)13-21(26(2,23)24)12-11-14-7-3-4-8-15(14)19/h3-10H,11-13H2,1-2H3,(H,20,22). The minimum absolute atomic E-state index is 0.000882. The van der Waals surface area contributed by atoms with Gasteiger partial charge in [0, 0.05) is 6.54 Å². The third-order valence-electron chi connectivity index (χ3n) is 3.76. The summed E-state index contributed by atoms with van der Waals surface area (Å²) in [5.41, 5.74) is 0.842. The molecule has 0 radical (unpaired) electrons. The molecule has 0 unspecified atom stereocenters. The van der Waals surface area contributed by atoms with Crippen LogP contribution in [0, 0.1) is 5.82 Å². The summed E-state index contributed by atoms with van der Waals surface area (Å²) in [5.74, 6) is -0.439. The molecule has 2 aromatic rings. The molecule has 0 aliphatic rings. The average molecular weight is 380 g/mol. The van der Waals surface area contributed by atoms with E-state index in [0.717, 1.165) is 10.6 Å². The van der Waals surface area contributed by atoms with E-state index in [9.17, 15) is 17.6 Å². The molecule has 0 saturated carbocycles. The molecular formula is C18H21FN2O4S. The van der Waals surface area contributed by atoms with Crippen molar-refractivity contribution in [1.82, 2.24) is 4.31 Å². The Morgan fingerprint density at radius 1 is 1.15 bits per heavy atom. The van der Waals surface area contributed by atoms with Gasteiger partial charge in [-0.3, -0.25) is 4.79 Å². The number of amides is 1. The highest BCUT2D eigenvalue weighted by Crippen LogP contribution is 2.23. The molecule has 0 bridgehead atoms. The molecule has 26 heavy (non-hydrogen) atoms. The van der Waals surface area contributed by atoms with Crippen LogP contribution in [0.3, 0.4) is 0 Å². The molecule has 0 spiro atoms. The van der Waals surface area contributed by atoms with E-state index >= 15 is 0 Å². The van der Waals surface area contributed by atoms with Gasteiger partial charge in [0.1, 0.15) is 11.6 Å². The first-order chi connectivity index (χ1) is 12.3. The van der Waals surface area contributed by atoms with Gasteiger partial charge >= 0.3 is 0 Å². The van der Waals surface area contributed by atoms with Crippen LogP contribution in [-0.4, -0.2) is 45.1 Å². The summed E-state index contributed by atoms with van der Waals surface area (Å²) in [6, 6.07) is 13.0. The molecule has 0 fully saturated rings. The molecule has 0 aliphatic heterocycles. The Bertz CT molecular complexity index is 871. The lowest BCUT2D eigenvalue weighted by molar-refractivity contribution is -0.116. The summed E-state index contributed by atoms with van der Waals surface area (Å²) in [6.07, 6.45) is 1.19. The number of halogens is 1. The summed E-state index contributed by atoms with van der Waals surface area (Å²) in [6.45, 7) is -0.371. The number of carbonyl (C=O) groups excluding carboxylic acids is 1. The molecule has 1 N–H and O–H groups in total. The Hall–Kier alpha value is -2.45. The number of methoxy groups -OCH3 is 1. The van der Waals surface area contributed by atoms with E-state index in [1.54, 1.807) is 42.5 Å². The molecule has 0 heterocycles. The first kappa shape index (κ1) is 19.9. The lowest BCUT2D eigenvalue weighted by Gasteiger charge is -2.20. The van der Waals surface area contributed by atoms with Gasteiger partial charge in [0.25, 0.3) is 0 Å². The Morgan fingerprint density at radius 3 is 2.46 bits per heavy atom. The number of ether oxygens (including phenoxy) is 1. The SMILES string of the molecule is COc1ccccc1NC(=O)CN(CCc1ccccc1F)S(C)(=O)=O. The molecule has 0 saturated heterocycles. The number of sulfonamides is 1. The molecule has 2 rings (SSSR count). The number of hydrogen-bond acceptors (Lipinski definition) is 4. The number of para-hydroxylation sites is 2. The third-order valence-corrected chi connectivity index (χ3v) is 5.01. The Morgan fingerprint density at radius 2 is 1.81 bits per heavy atom. The van der Waals surface area contributed by atoms with Crippen LogP contribution in [0.1, 0.15) is 5.56 Å². The van der Waals surface area contributed by atoms with E-state index in [-0.39, 0.29) is 19.5 Å². The monoisotopic (exact) mass is 380 g/mol. The highest BCUT2D eigenvalue weighted by Gasteiger charge is 2.21. The van der Waals surface area contributed by atoms with Crippen LogP contribution in [0.2, 0.25) is 0 Å². The topological polar surface area (TPSA) is 75.7 Å². The van der Waals surface area contributed by atoms with Crippen LogP contribution in [0.15, 0.2) is 48.5 Å². The molecule has 6 nitrogen and oxygen atoms in total. The lowest BCUT2D eigenvalue weighted by atomic mass is 10.1. The van der Waals surface area contributed by atoms with Gasteiger partial charge in [-0.15, -0.1) is 0 Å². The first-order valence-electron chi connectivity index (χ1n) is 7.92. The maximum Gasteiger partial charge on any atom is 0.239 e. The van der Waals surface area contributed by atoms with E-state index in [1.165, 1.54) is 13.2 Å². The van der Waals surface area contributed by atoms with Gasteiger partial charge in [0.05, 0.1) is 25.6 Å². The normalized spacial score (nSPS) is 11.4. The van der Waals surface area contributed by atoms with Gasteiger partial charge in [0.15, 0.2) is 0 Å². The zero-order valence-corrected chi connectivity index (χ0v) is 15.4. The molecule has 2 aromatic carbocycles. The number of anilines is 1. The molecule has 1 amide bonds. The van der Waals surface area contributed by atoms with Crippen LogP contribution in [0.25, 0.3) is 0 Å². The largest absolute Gasteiger partial charge is 0.495 e. The van der Waals surface area contributed by atoms with Gasteiger partial charge in [0.2, 0.25) is 15.9 Å². The number of carbonyl (C=O) groups is 1. The Labute approximate surface area is 152 Å². The molecule has 8 heteroatoms. The highest BCUT2D eigenvalue weighted by molar-refractivity contribution is 7.88. The number of hydrogen-bond donors (Lipinski definition) is 1. The van der Waals surface area contributed by atoms with Crippen molar-refractivity contribution in [2.24, 2.45) is 0 Å².